The van der Waals surface area contributed by atoms with Crippen molar-refractivity contribution in [1.82, 2.24) is 15.5 Å². The number of H-pyrrole nitrogens is 1. The van der Waals surface area contributed by atoms with Crippen molar-refractivity contribution in [1.29, 1.82) is 0 Å². The topological polar surface area (TPSA) is 84.1 Å². The van der Waals surface area contributed by atoms with Gasteiger partial charge in [0.1, 0.15) is 5.75 Å². The number of nitrogens with zero attached hydrogens (tertiary/aromatic N) is 1. The first-order valence-electron chi connectivity index (χ1n) is 8.18. The minimum absolute atomic E-state index is 0.202. The number of carbonyl (C=O) groups excluding carboxylic acids is 1. The third-order valence-corrected chi connectivity index (χ3v) is 4.42. The second-order valence-corrected chi connectivity index (χ2v) is 6.15. The molecule has 1 atom stereocenters. The van der Waals surface area contributed by atoms with Crippen LogP contribution < -0.4 is 15.6 Å². The summed E-state index contributed by atoms with van der Waals surface area (Å²) in [5.74, 6) is 0.817. The van der Waals surface area contributed by atoms with E-state index in [9.17, 15) is 9.59 Å². The van der Waals surface area contributed by atoms with Crippen molar-refractivity contribution in [3.8, 4) is 5.75 Å². The van der Waals surface area contributed by atoms with Gasteiger partial charge in [-0.25, -0.2) is 5.10 Å². The fourth-order valence-corrected chi connectivity index (χ4v) is 3.13. The van der Waals surface area contributed by atoms with Crippen LogP contribution in [0.15, 0.2) is 53.3 Å². The van der Waals surface area contributed by atoms with E-state index in [4.69, 9.17) is 4.74 Å². The van der Waals surface area contributed by atoms with Crippen LogP contribution in [-0.2, 0) is 6.42 Å². The Hall–Kier alpha value is -3.15. The molecule has 1 aliphatic rings. The van der Waals surface area contributed by atoms with Gasteiger partial charge >= 0.3 is 0 Å². The highest BCUT2D eigenvalue weighted by Crippen LogP contribution is 2.26. The van der Waals surface area contributed by atoms with Gasteiger partial charge in [-0.3, -0.25) is 9.59 Å². The van der Waals surface area contributed by atoms with E-state index in [2.05, 4.69) is 15.5 Å². The van der Waals surface area contributed by atoms with E-state index in [1.54, 1.807) is 24.3 Å². The Morgan fingerprint density at radius 2 is 1.92 bits per heavy atom. The molecular formula is C19H17N3O3. The summed E-state index contributed by atoms with van der Waals surface area (Å²) in [5.41, 5.74) is 1.08. The lowest BCUT2D eigenvalue weighted by molar-refractivity contribution is 0.0935. The fourth-order valence-electron chi connectivity index (χ4n) is 3.13. The number of para-hydroxylation sites is 1. The van der Waals surface area contributed by atoms with Gasteiger partial charge in [-0.05, 0) is 24.1 Å². The average Bonchev–Trinajstić information content (AvgIpc) is 2.66. The molecule has 2 aromatic carbocycles. The third-order valence-electron chi connectivity index (χ3n) is 4.42. The highest BCUT2D eigenvalue weighted by Gasteiger charge is 2.21. The van der Waals surface area contributed by atoms with Crippen LogP contribution in [0.25, 0.3) is 10.8 Å². The van der Waals surface area contributed by atoms with Crippen molar-refractivity contribution < 1.29 is 9.53 Å². The normalized spacial score (nSPS) is 16.1. The van der Waals surface area contributed by atoms with E-state index >= 15 is 0 Å². The SMILES string of the molecule is O=C(NCC1COc2ccccc2C1)c1n[nH]c(=O)c2ccccc12. The van der Waals surface area contributed by atoms with Crippen LogP contribution in [0.1, 0.15) is 16.1 Å². The molecule has 0 saturated carbocycles. The molecule has 1 aromatic heterocycles. The van der Waals surface area contributed by atoms with Crippen LogP contribution in [0.5, 0.6) is 5.75 Å². The monoisotopic (exact) mass is 335 g/mol. The molecule has 0 radical (unpaired) electrons. The first kappa shape index (κ1) is 15.4. The molecule has 6 nitrogen and oxygen atoms in total. The van der Waals surface area contributed by atoms with Gasteiger partial charge in [0.25, 0.3) is 11.5 Å². The lowest BCUT2D eigenvalue weighted by atomic mass is 9.96. The molecular weight excluding hydrogens is 318 g/mol. The molecule has 0 aliphatic carbocycles. The lowest BCUT2D eigenvalue weighted by Gasteiger charge is -2.25. The van der Waals surface area contributed by atoms with Gasteiger partial charge in [-0.1, -0.05) is 36.4 Å². The molecule has 0 saturated heterocycles. The molecule has 6 heteroatoms. The number of amides is 1. The van der Waals surface area contributed by atoms with Crippen molar-refractivity contribution in [3.05, 3.63) is 70.1 Å². The summed E-state index contributed by atoms with van der Waals surface area (Å²) in [7, 11) is 0. The van der Waals surface area contributed by atoms with Crippen molar-refractivity contribution in [2.75, 3.05) is 13.2 Å². The number of ether oxygens (including phenoxy) is 1. The zero-order valence-electron chi connectivity index (χ0n) is 13.5. The third kappa shape index (κ3) is 2.98. The number of hydrogen-bond donors (Lipinski definition) is 2. The number of carbonyl (C=O) groups is 1. The van der Waals surface area contributed by atoms with Gasteiger partial charge in [0, 0.05) is 17.8 Å². The van der Waals surface area contributed by atoms with Gasteiger partial charge in [0.2, 0.25) is 0 Å². The highest BCUT2D eigenvalue weighted by atomic mass is 16.5. The zero-order valence-corrected chi connectivity index (χ0v) is 13.5. The van der Waals surface area contributed by atoms with Gasteiger partial charge < -0.3 is 10.1 Å². The Kier molecular flexibility index (Phi) is 3.93. The molecule has 0 bridgehead atoms. The first-order chi connectivity index (χ1) is 12.2. The quantitative estimate of drug-likeness (QED) is 0.766. The van der Waals surface area contributed by atoms with E-state index in [1.165, 1.54) is 0 Å². The molecule has 0 spiro atoms. The maximum Gasteiger partial charge on any atom is 0.272 e. The Bertz CT molecular complexity index is 996. The molecule has 126 valence electrons. The zero-order chi connectivity index (χ0) is 17.2. The second-order valence-electron chi connectivity index (χ2n) is 6.15. The van der Waals surface area contributed by atoms with Gasteiger partial charge in [0.05, 0.1) is 12.0 Å². The van der Waals surface area contributed by atoms with E-state index in [0.717, 1.165) is 17.7 Å². The van der Waals surface area contributed by atoms with Crippen molar-refractivity contribution in [3.63, 3.8) is 0 Å². The smallest absolute Gasteiger partial charge is 0.272 e. The average molecular weight is 335 g/mol. The van der Waals surface area contributed by atoms with Crippen molar-refractivity contribution in [2.45, 2.75) is 6.42 Å². The second kappa shape index (κ2) is 6.39. The van der Waals surface area contributed by atoms with Gasteiger partial charge in [0.15, 0.2) is 5.69 Å². The van der Waals surface area contributed by atoms with Crippen LogP contribution in [0, 0.1) is 5.92 Å². The Labute approximate surface area is 143 Å². The van der Waals surface area contributed by atoms with Crippen molar-refractivity contribution >= 4 is 16.7 Å². The molecule has 25 heavy (non-hydrogen) atoms. The van der Waals surface area contributed by atoms with Gasteiger partial charge in [-0.2, -0.15) is 5.10 Å². The summed E-state index contributed by atoms with van der Waals surface area (Å²) in [6.07, 6.45) is 0.857. The van der Waals surface area contributed by atoms with E-state index in [0.29, 0.717) is 23.9 Å². The minimum atomic E-state index is -0.301. The number of aromatic amines is 1. The summed E-state index contributed by atoms with van der Waals surface area (Å²) >= 11 is 0. The Balaban J connectivity index is 1.49. The van der Waals surface area contributed by atoms with E-state index in [-0.39, 0.29) is 23.1 Å². The number of fused-ring (bicyclic) bond motifs is 2. The minimum Gasteiger partial charge on any atom is -0.493 e. The molecule has 2 heterocycles. The highest BCUT2D eigenvalue weighted by molar-refractivity contribution is 6.04. The van der Waals surface area contributed by atoms with Crippen LogP contribution in [0.3, 0.4) is 0 Å². The number of aromatic nitrogens is 2. The molecule has 2 N–H and O–H groups in total. The lowest BCUT2D eigenvalue weighted by Crippen LogP contribution is -2.35. The Morgan fingerprint density at radius 3 is 2.80 bits per heavy atom. The molecule has 3 aromatic rings. The van der Waals surface area contributed by atoms with E-state index in [1.807, 2.05) is 24.3 Å². The predicted octanol–water partition coefficient (Wildman–Crippen LogP) is 1.90. The number of hydrogen-bond acceptors (Lipinski definition) is 4. The van der Waals surface area contributed by atoms with Crippen LogP contribution >= 0.6 is 0 Å². The number of rotatable bonds is 3. The summed E-state index contributed by atoms with van der Waals surface area (Å²) < 4.78 is 5.75. The molecule has 4 rings (SSSR count). The largest absolute Gasteiger partial charge is 0.493 e. The predicted molar refractivity (Wildman–Crippen MR) is 93.8 cm³/mol. The summed E-state index contributed by atoms with van der Waals surface area (Å²) in [4.78, 5) is 24.3. The van der Waals surface area contributed by atoms with Gasteiger partial charge in [-0.15, -0.1) is 0 Å². The maximum atomic E-state index is 12.5. The van der Waals surface area contributed by atoms with Crippen LogP contribution in [0.4, 0.5) is 0 Å². The number of nitrogens with one attached hydrogen (secondary N) is 2. The van der Waals surface area contributed by atoms with Crippen LogP contribution in [0.2, 0.25) is 0 Å². The van der Waals surface area contributed by atoms with Crippen molar-refractivity contribution in [2.24, 2.45) is 5.92 Å². The molecule has 1 unspecified atom stereocenters. The fraction of sp³-hybridized carbons (Fsp3) is 0.211. The summed E-state index contributed by atoms with van der Waals surface area (Å²) in [5, 5.41) is 10.2. The maximum absolute atomic E-state index is 12.5. The Morgan fingerprint density at radius 1 is 1.16 bits per heavy atom. The molecule has 1 amide bonds. The first-order valence-corrected chi connectivity index (χ1v) is 8.18. The van der Waals surface area contributed by atoms with E-state index < -0.39 is 0 Å². The number of benzene rings is 2. The van der Waals surface area contributed by atoms with Crippen LogP contribution in [-0.4, -0.2) is 29.3 Å². The molecule has 1 aliphatic heterocycles. The summed E-state index contributed by atoms with van der Waals surface area (Å²) in [6.45, 7) is 1.05. The molecule has 0 fully saturated rings. The summed E-state index contributed by atoms with van der Waals surface area (Å²) in [6, 6.07) is 14.9. The standard InChI is InChI=1S/C19H17N3O3/c23-18-15-7-3-2-6-14(15)17(21-22-18)19(24)20-10-12-9-13-5-1-4-8-16(13)25-11-12/h1-8,12H,9-11H2,(H,20,24)(H,22,23).